The quantitative estimate of drug-likeness (QED) is 0.525. The van der Waals surface area contributed by atoms with Gasteiger partial charge in [0.15, 0.2) is 0 Å². The number of amides is 1. The number of thioether (sulfide) groups is 2. The molecule has 0 saturated carbocycles. The topological polar surface area (TPSA) is 65.8 Å². The highest BCUT2D eigenvalue weighted by Gasteiger charge is 2.06. The van der Waals surface area contributed by atoms with Gasteiger partial charge in [0.25, 0.3) is 0 Å². The van der Waals surface area contributed by atoms with Gasteiger partial charge in [-0.3, -0.25) is 4.79 Å². The summed E-state index contributed by atoms with van der Waals surface area (Å²) in [5.74, 6) is 2.86. The van der Waals surface area contributed by atoms with Crippen LogP contribution < -0.4 is 5.32 Å². The Morgan fingerprint density at radius 1 is 1.11 bits per heavy atom. The molecule has 138 valence electrons. The average molecular weight is 414 g/mol. The van der Waals surface area contributed by atoms with Crippen LogP contribution in [0.15, 0.2) is 48.5 Å². The third-order valence-corrected chi connectivity index (χ3v) is 6.93. The second kappa shape index (κ2) is 10.4. The standard InChI is InChI=1S/C20H19N3OS3/c21-11-15-5-1-2-6-16(15)12-25-10-9-22-19(24)13-26-14-20-23-17-7-3-4-8-18(17)27-20/h1-8H,9-10,12-14H2,(H,22,24). The lowest BCUT2D eigenvalue weighted by Crippen LogP contribution is -2.27. The van der Waals surface area contributed by atoms with Gasteiger partial charge >= 0.3 is 0 Å². The normalized spacial score (nSPS) is 10.6. The molecule has 1 heterocycles. The minimum Gasteiger partial charge on any atom is -0.355 e. The summed E-state index contributed by atoms with van der Waals surface area (Å²) in [5.41, 5.74) is 2.79. The maximum atomic E-state index is 11.9. The summed E-state index contributed by atoms with van der Waals surface area (Å²) in [6.45, 7) is 0.639. The monoisotopic (exact) mass is 413 g/mol. The van der Waals surface area contributed by atoms with Gasteiger partial charge in [0.2, 0.25) is 5.91 Å². The minimum absolute atomic E-state index is 0.0548. The molecule has 1 amide bonds. The number of aromatic nitrogens is 1. The number of carbonyl (C=O) groups is 1. The first-order chi connectivity index (χ1) is 13.3. The number of thiazole rings is 1. The van der Waals surface area contributed by atoms with Gasteiger partial charge in [0, 0.05) is 23.8 Å². The van der Waals surface area contributed by atoms with Gasteiger partial charge in [-0.2, -0.15) is 17.0 Å². The first-order valence-corrected chi connectivity index (χ1v) is 11.6. The van der Waals surface area contributed by atoms with E-state index in [9.17, 15) is 4.79 Å². The fraction of sp³-hybridized carbons (Fsp3) is 0.250. The predicted molar refractivity (Wildman–Crippen MR) is 116 cm³/mol. The Kier molecular flexibility index (Phi) is 7.57. The van der Waals surface area contributed by atoms with E-state index in [1.54, 1.807) is 34.9 Å². The number of hydrogen-bond donors (Lipinski definition) is 1. The fourth-order valence-corrected chi connectivity index (χ4v) is 5.20. The van der Waals surface area contributed by atoms with Gasteiger partial charge in [-0.15, -0.1) is 23.1 Å². The zero-order chi connectivity index (χ0) is 18.9. The van der Waals surface area contributed by atoms with Crippen LogP contribution in [0, 0.1) is 11.3 Å². The molecule has 3 rings (SSSR count). The molecule has 0 atom stereocenters. The highest BCUT2D eigenvalue weighted by Crippen LogP contribution is 2.24. The first-order valence-electron chi connectivity index (χ1n) is 8.51. The Morgan fingerprint density at radius 2 is 1.93 bits per heavy atom. The van der Waals surface area contributed by atoms with Crippen LogP contribution in [0.3, 0.4) is 0 Å². The van der Waals surface area contributed by atoms with E-state index in [4.69, 9.17) is 5.26 Å². The summed E-state index contributed by atoms with van der Waals surface area (Å²) in [4.78, 5) is 16.5. The molecule has 2 aromatic carbocycles. The van der Waals surface area contributed by atoms with Crippen LogP contribution >= 0.6 is 34.9 Å². The van der Waals surface area contributed by atoms with Crippen LogP contribution in [0.5, 0.6) is 0 Å². The van der Waals surface area contributed by atoms with Gasteiger partial charge in [0.05, 0.1) is 27.6 Å². The average Bonchev–Trinajstić information content (AvgIpc) is 3.11. The molecule has 0 bridgehead atoms. The zero-order valence-electron chi connectivity index (χ0n) is 14.7. The number of carbonyl (C=O) groups excluding carboxylic acids is 1. The molecule has 0 aliphatic rings. The molecule has 1 aromatic heterocycles. The van der Waals surface area contributed by atoms with Gasteiger partial charge < -0.3 is 5.32 Å². The lowest BCUT2D eigenvalue weighted by molar-refractivity contribution is -0.118. The Bertz CT molecular complexity index is 916. The summed E-state index contributed by atoms with van der Waals surface area (Å²) in [5, 5.41) is 13.1. The molecule has 3 aromatic rings. The number of nitrogens with one attached hydrogen (secondary N) is 1. The lowest BCUT2D eigenvalue weighted by Gasteiger charge is -2.06. The molecule has 0 aliphatic carbocycles. The van der Waals surface area contributed by atoms with Gasteiger partial charge in [-0.05, 0) is 23.8 Å². The molecule has 0 aliphatic heterocycles. The molecule has 0 fully saturated rings. The molecule has 4 nitrogen and oxygen atoms in total. The number of benzene rings is 2. The molecular weight excluding hydrogens is 394 g/mol. The lowest BCUT2D eigenvalue weighted by atomic mass is 10.1. The Morgan fingerprint density at radius 3 is 2.78 bits per heavy atom. The number of fused-ring (bicyclic) bond motifs is 1. The highest BCUT2D eigenvalue weighted by molar-refractivity contribution is 7.99. The molecular formula is C20H19N3OS3. The SMILES string of the molecule is N#Cc1ccccc1CSCCNC(=O)CSCc1nc2ccccc2s1. The molecule has 27 heavy (non-hydrogen) atoms. The van der Waals surface area contributed by atoms with Gasteiger partial charge in [-0.1, -0.05) is 30.3 Å². The number of nitrogens with zero attached hydrogens (tertiary/aromatic N) is 2. The largest absolute Gasteiger partial charge is 0.355 e. The van der Waals surface area contributed by atoms with Crippen LogP contribution in [0.25, 0.3) is 10.2 Å². The van der Waals surface area contributed by atoms with Crippen LogP contribution in [0.4, 0.5) is 0 Å². The number of para-hydroxylation sites is 1. The van der Waals surface area contributed by atoms with Crippen LogP contribution in [-0.4, -0.2) is 28.9 Å². The van der Waals surface area contributed by atoms with Crippen LogP contribution in [0.2, 0.25) is 0 Å². The molecule has 1 N–H and O–H groups in total. The Balaban J connectivity index is 1.30. The van der Waals surface area contributed by atoms with E-state index < -0.39 is 0 Å². The van der Waals surface area contributed by atoms with E-state index in [0.29, 0.717) is 12.3 Å². The maximum Gasteiger partial charge on any atom is 0.230 e. The third-order valence-electron chi connectivity index (χ3n) is 3.76. The number of nitriles is 1. The van der Waals surface area contributed by atoms with E-state index >= 15 is 0 Å². The first kappa shape index (κ1) is 19.7. The summed E-state index contributed by atoms with van der Waals surface area (Å²) < 4.78 is 1.19. The van der Waals surface area contributed by atoms with Crippen molar-refractivity contribution in [1.29, 1.82) is 5.26 Å². The van der Waals surface area contributed by atoms with Crippen molar-refractivity contribution in [2.45, 2.75) is 11.5 Å². The number of rotatable bonds is 9. The van der Waals surface area contributed by atoms with Crippen LogP contribution in [-0.2, 0) is 16.3 Å². The Labute approximate surface area is 171 Å². The van der Waals surface area contributed by atoms with Gasteiger partial charge in [0.1, 0.15) is 5.01 Å². The van der Waals surface area contributed by atoms with E-state index in [0.717, 1.165) is 38.9 Å². The Hall–Kier alpha value is -2.01. The summed E-state index contributed by atoms with van der Waals surface area (Å²) in [6, 6.07) is 17.9. The molecule has 0 saturated heterocycles. The summed E-state index contributed by atoms with van der Waals surface area (Å²) in [6.07, 6.45) is 0. The second-order valence-electron chi connectivity index (χ2n) is 5.74. The van der Waals surface area contributed by atoms with E-state index in [2.05, 4.69) is 22.4 Å². The van der Waals surface area contributed by atoms with E-state index in [1.807, 2.05) is 42.5 Å². The van der Waals surface area contributed by atoms with Gasteiger partial charge in [-0.25, -0.2) is 4.98 Å². The van der Waals surface area contributed by atoms with Crippen molar-refractivity contribution in [3.8, 4) is 6.07 Å². The highest BCUT2D eigenvalue weighted by atomic mass is 32.2. The molecule has 7 heteroatoms. The van der Waals surface area contributed by atoms with Crippen molar-refractivity contribution in [1.82, 2.24) is 10.3 Å². The summed E-state index contributed by atoms with van der Waals surface area (Å²) >= 11 is 4.99. The second-order valence-corrected chi connectivity index (χ2v) is 8.95. The minimum atomic E-state index is 0.0548. The van der Waals surface area contributed by atoms with Crippen molar-refractivity contribution in [3.63, 3.8) is 0 Å². The predicted octanol–water partition coefficient (Wildman–Crippen LogP) is 4.45. The van der Waals surface area contributed by atoms with Crippen molar-refractivity contribution < 1.29 is 4.79 Å². The van der Waals surface area contributed by atoms with Crippen molar-refractivity contribution in [2.24, 2.45) is 0 Å². The smallest absolute Gasteiger partial charge is 0.230 e. The van der Waals surface area contributed by atoms with E-state index in [-0.39, 0.29) is 5.91 Å². The molecule has 0 radical (unpaired) electrons. The van der Waals surface area contributed by atoms with E-state index in [1.165, 1.54) is 4.70 Å². The molecule has 0 spiro atoms. The van der Waals surface area contributed by atoms with Crippen molar-refractivity contribution in [2.75, 3.05) is 18.1 Å². The zero-order valence-corrected chi connectivity index (χ0v) is 17.1. The van der Waals surface area contributed by atoms with Crippen LogP contribution in [0.1, 0.15) is 16.1 Å². The fourth-order valence-electron chi connectivity index (χ4n) is 2.46. The summed E-state index contributed by atoms with van der Waals surface area (Å²) in [7, 11) is 0. The molecule has 0 unspecified atom stereocenters. The van der Waals surface area contributed by atoms with Crippen molar-refractivity contribution in [3.05, 3.63) is 64.7 Å². The maximum absolute atomic E-state index is 11.9. The van der Waals surface area contributed by atoms with Crippen molar-refractivity contribution >= 4 is 51.0 Å². The third kappa shape index (κ3) is 5.99. The number of hydrogen-bond acceptors (Lipinski definition) is 6.